The van der Waals surface area contributed by atoms with Gasteiger partial charge in [0.2, 0.25) is 5.91 Å². The van der Waals surface area contributed by atoms with E-state index in [2.05, 4.69) is 4.72 Å². The summed E-state index contributed by atoms with van der Waals surface area (Å²) in [6.45, 7) is 3.68. The van der Waals surface area contributed by atoms with Crippen LogP contribution in [0.25, 0.3) is 0 Å². The molecule has 0 aromatic heterocycles. The highest BCUT2D eigenvalue weighted by atomic mass is 32.2. The van der Waals surface area contributed by atoms with Gasteiger partial charge in [0, 0.05) is 12.0 Å². The Balaban J connectivity index is 3.15. The van der Waals surface area contributed by atoms with Crippen molar-refractivity contribution in [2.24, 2.45) is 5.92 Å². The molecular formula is C14H21NO5S. The van der Waals surface area contributed by atoms with E-state index in [-0.39, 0.29) is 16.6 Å². The lowest BCUT2D eigenvalue weighted by molar-refractivity contribution is -0.123. The molecule has 7 heteroatoms. The lowest BCUT2D eigenvalue weighted by Crippen LogP contribution is -2.35. The van der Waals surface area contributed by atoms with Crippen LogP contribution in [0.4, 0.5) is 0 Å². The van der Waals surface area contributed by atoms with Crippen LogP contribution in [0.5, 0.6) is 11.5 Å². The van der Waals surface area contributed by atoms with E-state index in [0.717, 1.165) is 0 Å². The summed E-state index contributed by atoms with van der Waals surface area (Å²) in [5, 5.41) is 0. The number of nitrogens with one attached hydrogen (secondary N) is 1. The number of rotatable bonds is 7. The average molecular weight is 315 g/mol. The monoisotopic (exact) mass is 315 g/mol. The number of methoxy groups -OCH3 is 2. The first-order chi connectivity index (χ1) is 9.89. The van der Waals surface area contributed by atoms with E-state index < -0.39 is 15.9 Å². The molecule has 0 atom stereocenters. The molecule has 0 unspecified atom stereocenters. The van der Waals surface area contributed by atoms with Crippen molar-refractivity contribution in [3.8, 4) is 11.5 Å². The zero-order chi connectivity index (χ0) is 16.0. The van der Waals surface area contributed by atoms with Crippen LogP contribution in [0.3, 0.4) is 0 Å². The molecule has 6 nitrogen and oxygen atoms in total. The summed E-state index contributed by atoms with van der Waals surface area (Å²) < 4.78 is 36.9. The van der Waals surface area contributed by atoms with Crippen LogP contribution in [-0.4, -0.2) is 28.5 Å². The van der Waals surface area contributed by atoms with Gasteiger partial charge in [-0.05, 0) is 25.0 Å². The Hall–Kier alpha value is -1.76. The third kappa shape index (κ3) is 4.10. The molecule has 0 radical (unpaired) electrons. The molecule has 1 N–H and O–H groups in total. The Morgan fingerprint density at radius 1 is 1.19 bits per heavy atom. The summed E-state index contributed by atoms with van der Waals surface area (Å²) in [5.41, 5.74) is 0. The molecule has 1 rings (SSSR count). The molecule has 0 saturated carbocycles. The molecule has 1 aromatic carbocycles. The van der Waals surface area contributed by atoms with Gasteiger partial charge >= 0.3 is 0 Å². The first-order valence-corrected chi connectivity index (χ1v) is 8.16. The van der Waals surface area contributed by atoms with Gasteiger partial charge < -0.3 is 9.47 Å². The summed E-state index contributed by atoms with van der Waals surface area (Å²) >= 11 is 0. The lowest BCUT2D eigenvalue weighted by atomic mass is 10.0. The topological polar surface area (TPSA) is 81.7 Å². The highest BCUT2D eigenvalue weighted by Gasteiger charge is 2.25. The van der Waals surface area contributed by atoms with Crippen molar-refractivity contribution in [1.29, 1.82) is 0 Å². The van der Waals surface area contributed by atoms with Crippen molar-refractivity contribution in [3.05, 3.63) is 18.2 Å². The largest absolute Gasteiger partial charge is 0.497 e. The van der Waals surface area contributed by atoms with Crippen LogP contribution < -0.4 is 14.2 Å². The molecule has 0 bridgehead atoms. The summed E-state index contributed by atoms with van der Waals surface area (Å²) in [7, 11) is -1.21. The molecular weight excluding hydrogens is 294 g/mol. The molecule has 1 aromatic rings. The summed E-state index contributed by atoms with van der Waals surface area (Å²) in [4.78, 5) is 11.9. The number of benzene rings is 1. The van der Waals surface area contributed by atoms with Crippen molar-refractivity contribution in [1.82, 2.24) is 4.72 Å². The molecule has 0 aliphatic heterocycles. The van der Waals surface area contributed by atoms with Crippen LogP contribution in [0, 0.1) is 5.92 Å². The van der Waals surface area contributed by atoms with Crippen molar-refractivity contribution in [2.45, 2.75) is 31.6 Å². The molecule has 0 saturated heterocycles. The van der Waals surface area contributed by atoms with Gasteiger partial charge in [-0.2, -0.15) is 0 Å². The molecule has 0 fully saturated rings. The minimum Gasteiger partial charge on any atom is -0.497 e. The third-order valence-corrected chi connectivity index (χ3v) is 4.62. The smallest absolute Gasteiger partial charge is 0.267 e. The van der Waals surface area contributed by atoms with Crippen LogP contribution in [0.15, 0.2) is 23.1 Å². The second kappa shape index (κ2) is 7.31. The van der Waals surface area contributed by atoms with E-state index >= 15 is 0 Å². The molecule has 118 valence electrons. The summed E-state index contributed by atoms with van der Waals surface area (Å²) in [5.74, 6) is -0.326. The predicted molar refractivity (Wildman–Crippen MR) is 78.9 cm³/mol. The van der Waals surface area contributed by atoms with Gasteiger partial charge in [-0.1, -0.05) is 13.8 Å². The van der Waals surface area contributed by atoms with Gasteiger partial charge in [-0.15, -0.1) is 0 Å². The first-order valence-electron chi connectivity index (χ1n) is 6.68. The third-order valence-electron chi connectivity index (χ3n) is 3.25. The van der Waals surface area contributed by atoms with Crippen molar-refractivity contribution in [2.75, 3.05) is 14.2 Å². The van der Waals surface area contributed by atoms with E-state index in [0.29, 0.717) is 18.6 Å². The maximum Gasteiger partial charge on any atom is 0.267 e. The Bertz CT molecular complexity index is 593. The molecule has 0 heterocycles. The van der Waals surface area contributed by atoms with Gasteiger partial charge in [0.1, 0.15) is 16.4 Å². The fourth-order valence-electron chi connectivity index (χ4n) is 1.92. The summed E-state index contributed by atoms with van der Waals surface area (Å²) in [6, 6.07) is 4.39. The number of hydrogen-bond donors (Lipinski definition) is 1. The van der Waals surface area contributed by atoms with Crippen molar-refractivity contribution in [3.63, 3.8) is 0 Å². The van der Waals surface area contributed by atoms with E-state index in [4.69, 9.17) is 9.47 Å². The molecule has 0 aliphatic rings. The maximum atomic E-state index is 12.4. The highest BCUT2D eigenvalue weighted by Crippen LogP contribution is 2.28. The fourth-order valence-corrected chi connectivity index (χ4v) is 3.15. The minimum atomic E-state index is -4.00. The number of sulfonamides is 1. The van der Waals surface area contributed by atoms with Crippen LogP contribution >= 0.6 is 0 Å². The second-order valence-electron chi connectivity index (χ2n) is 4.50. The number of ether oxygens (including phenoxy) is 2. The van der Waals surface area contributed by atoms with Gasteiger partial charge in [-0.25, -0.2) is 13.1 Å². The molecule has 1 amide bonds. The quantitative estimate of drug-likeness (QED) is 0.831. The number of hydrogen-bond acceptors (Lipinski definition) is 5. The number of carbonyl (C=O) groups excluding carboxylic acids is 1. The predicted octanol–water partition coefficient (Wildman–Crippen LogP) is 1.94. The van der Waals surface area contributed by atoms with Gasteiger partial charge in [-0.3, -0.25) is 4.79 Å². The van der Waals surface area contributed by atoms with E-state index in [9.17, 15) is 13.2 Å². The van der Waals surface area contributed by atoms with Crippen LogP contribution in [0.2, 0.25) is 0 Å². The number of amides is 1. The molecule has 21 heavy (non-hydrogen) atoms. The van der Waals surface area contributed by atoms with E-state index in [1.54, 1.807) is 6.07 Å². The zero-order valence-electron chi connectivity index (χ0n) is 12.7. The molecule has 0 aliphatic carbocycles. The maximum absolute atomic E-state index is 12.4. The van der Waals surface area contributed by atoms with Crippen LogP contribution in [-0.2, 0) is 14.8 Å². The average Bonchev–Trinajstić information content (AvgIpc) is 2.47. The number of carbonyl (C=O) groups is 1. The Kier molecular flexibility index (Phi) is 6.02. The van der Waals surface area contributed by atoms with Gasteiger partial charge in [0.15, 0.2) is 0 Å². The first kappa shape index (κ1) is 17.3. The fraction of sp³-hybridized carbons (Fsp3) is 0.500. The van der Waals surface area contributed by atoms with Gasteiger partial charge in [0.25, 0.3) is 10.0 Å². The van der Waals surface area contributed by atoms with E-state index in [1.165, 1.54) is 26.4 Å². The normalized spacial score (nSPS) is 11.3. The Morgan fingerprint density at radius 2 is 1.81 bits per heavy atom. The van der Waals surface area contributed by atoms with Crippen LogP contribution in [0.1, 0.15) is 26.7 Å². The lowest BCUT2D eigenvalue weighted by Gasteiger charge is -2.15. The zero-order valence-corrected chi connectivity index (χ0v) is 13.5. The Morgan fingerprint density at radius 3 is 2.29 bits per heavy atom. The summed E-state index contributed by atoms with van der Waals surface area (Å²) in [6.07, 6.45) is 1.15. The highest BCUT2D eigenvalue weighted by molar-refractivity contribution is 7.90. The second-order valence-corrected chi connectivity index (χ2v) is 6.15. The Labute approximate surface area is 125 Å². The van der Waals surface area contributed by atoms with Gasteiger partial charge in [0.05, 0.1) is 14.2 Å². The van der Waals surface area contributed by atoms with E-state index in [1.807, 2.05) is 13.8 Å². The van der Waals surface area contributed by atoms with Crippen molar-refractivity contribution < 1.29 is 22.7 Å². The standard InChI is InChI=1S/C14H21NO5S/c1-5-10(6-2)14(16)15-21(17,18)13-9-11(19-3)7-8-12(13)20-4/h7-10H,5-6H2,1-4H3,(H,15,16). The SMILES string of the molecule is CCC(CC)C(=O)NS(=O)(=O)c1cc(OC)ccc1OC. The van der Waals surface area contributed by atoms with Crippen molar-refractivity contribution >= 4 is 15.9 Å². The molecule has 0 spiro atoms. The minimum absolute atomic E-state index is 0.122.